The van der Waals surface area contributed by atoms with Crippen molar-refractivity contribution in [3.05, 3.63) is 47.8 Å². The molecule has 2 aromatic rings. The highest BCUT2D eigenvalue weighted by atomic mass is 16.1. The van der Waals surface area contributed by atoms with Crippen molar-refractivity contribution in [3.8, 4) is 0 Å². The van der Waals surface area contributed by atoms with E-state index in [0.717, 1.165) is 18.5 Å². The summed E-state index contributed by atoms with van der Waals surface area (Å²) in [6, 6.07) is 7.95. The molecule has 0 saturated heterocycles. The lowest BCUT2D eigenvalue weighted by Crippen LogP contribution is -2.13. The van der Waals surface area contributed by atoms with Gasteiger partial charge in [-0.15, -0.1) is 0 Å². The highest BCUT2D eigenvalue weighted by molar-refractivity contribution is 6.04. The van der Waals surface area contributed by atoms with Crippen LogP contribution in [0, 0.1) is 5.41 Å². The maximum absolute atomic E-state index is 12.1. The van der Waals surface area contributed by atoms with Gasteiger partial charge in [-0.25, -0.2) is 0 Å². The van der Waals surface area contributed by atoms with Crippen LogP contribution < -0.4 is 5.32 Å². The van der Waals surface area contributed by atoms with Crippen LogP contribution >= 0.6 is 0 Å². The molecule has 1 aromatic carbocycles. The van der Waals surface area contributed by atoms with Crippen molar-refractivity contribution < 1.29 is 4.79 Å². The number of benzene rings is 1. The molecule has 1 amide bonds. The molecule has 20 heavy (non-hydrogen) atoms. The summed E-state index contributed by atoms with van der Waals surface area (Å²) in [4.78, 5) is 12.1. The summed E-state index contributed by atoms with van der Waals surface area (Å²) in [5, 5.41) is 9.39. The molecule has 2 N–H and O–H groups in total. The fourth-order valence-corrected chi connectivity index (χ4v) is 1.94. The highest BCUT2D eigenvalue weighted by Gasteiger charge is 2.13. The van der Waals surface area contributed by atoms with Crippen LogP contribution in [0.1, 0.15) is 43.1 Å². The number of nitrogens with zero attached hydrogens (tertiary/aromatic N) is 1. The van der Waals surface area contributed by atoms with Gasteiger partial charge in [0.1, 0.15) is 0 Å². The summed E-state index contributed by atoms with van der Waals surface area (Å²) in [5.74, 6) is -0.137. The van der Waals surface area contributed by atoms with Crippen LogP contribution in [0.2, 0.25) is 0 Å². The first kappa shape index (κ1) is 14.3. The molecular weight excluding hydrogens is 250 g/mol. The zero-order valence-electron chi connectivity index (χ0n) is 12.2. The number of carbonyl (C=O) groups is 1. The van der Waals surface area contributed by atoms with Crippen LogP contribution in [0.25, 0.3) is 0 Å². The summed E-state index contributed by atoms with van der Waals surface area (Å²) in [5.41, 5.74) is 2.86. The number of aryl methyl sites for hydroxylation is 1. The van der Waals surface area contributed by atoms with Crippen molar-refractivity contribution in [2.75, 3.05) is 5.32 Å². The highest BCUT2D eigenvalue weighted by Crippen LogP contribution is 2.25. The summed E-state index contributed by atoms with van der Waals surface area (Å²) in [6.07, 6.45) is 5.14. The summed E-state index contributed by atoms with van der Waals surface area (Å²) < 4.78 is 0. The normalized spacial score (nSPS) is 11.3. The van der Waals surface area contributed by atoms with E-state index in [4.69, 9.17) is 0 Å². The zero-order chi connectivity index (χ0) is 14.6. The minimum absolute atomic E-state index is 0.137. The number of H-pyrrole nitrogens is 1. The molecule has 0 unspecified atom stereocenters. The molecule has 0 saturated carbocycles. The van der Waals surface area contributed by atoms with Gasteiger partial charge < -0.3 is 5.32 Å². The molecule has 1 aromatic heterocycles. The third-order valence-electron chi connectivity index (χ3n) is 3.17. The largest absolute Gasteiger partial charge is 0.322 e. The van der Waals surface area contributed by atoms with E-state index in [0.29, 0.717) is 5.56 Å². The number of hydrogen-bond acceptors (Lipinski definition) is 2. The third kappa shape index (κ3) is 3.95. The van der Waals surface area contributed by atoms with Gasteiger partial charge in [-0.2, -0.15) is 5.10 Å². The van der Waals surface area contributed by atoms with E-state index < -0.39 is 0 Å². The van der Waals surface area contributed by atoms with Crippen molar-refractivity contribution >= 4 is 11.6 Å². The molecule has 0 spiro atoms. The zero-order valence-corrected chi connectivity index (χ0v) is 12.2. The van der Waals surface area contributed by atoms with Gasteiger partial charge in [-0.1, -0.05) is 39.0 Å². The number of aromatic nitrogens is 2. The van der Waals surface area contributed by atoms with Crippen LogP contribution in [0.3, 0.4) is 0 Å². The standard InChI is InChI=1S/C16H21N3O/c1-16(2,3)9-8-12-6-4-5-7-14(12)19-15(20)13-10-17-18-11-13/h4-7,10-11H,8-9H2,1-3H3,(H,17,18)(H,19,20). The Balaban J connectivity index is 2.10. The lowest BCUT2D eigenvalue weighted by Gasteiger charge is -2.19. The topological polar surface area (TPSA) is 57.8 Å². The summed E-state index contributed by atoms with van der Waals surface area (Å²) >= 11 is 0. The Kier molecular flexibility index (Phi) is 4.23. The molecular formula is C16H21N3O. The molecule has 4 heteroatoms. The van der Waals surface area contributed by atoms with Gasteiger partial charge in [-0.3, -0.25) is 9.89 Å². The predicted molar refractivity (Wildman–Crippen MR) is 80.8 cm³/mol. The van der Waals surface area contributed by atoms with Crippen molar-refractivity contribution in [2.24, 2.45) is 5.41 Å². The molecule has 0 bridgehead atoms. The van der Waals surface area contributed by atoms with Gasteiger partial charge in [0.05, 0.1) is 11.8 Å². The fourth-order valence-electron chi connectivity index (χ4n) is 1.94. The maximum atomic E-state index is 12.1. The maximum Gasteiger partial charge on any atom is 0.258 e. The van der Waals surface area contributed by atoms with E-state index in [1.807, 2.05) is 18.2 Å². The van der Waals surface area contributed by atoms with E-state index >= 15 is 0 Å². The van der Waals surface area contributed by atoms with Crippen LogP contribution in [-0.2, 0) is 6.42 Å². The average molecular weight is 271 g/mol. The Morgan fingerprint density at radius 1 is 1.30 bits per heavy atom. The first-order chi connectivity index (χ1) is 9.46. The molecule has 2 rings (SSSR count). The Labute approximate surface area is 119 Å². The van der Waals surface area contributed by atoms with E-state index in [-0.39, 0.29) is 11.3 Å². The smallest absolute Gasteiger partial charge is 0.258 e. The Morgan fingerprint density at radius 3 is 2.70 bits per heavy atom. The van der Waals surface area contributed by atoms with Crippen LogP contribution in [0.5, 0.6) is 0 Å². The molecule has 106 valence electrons. The molecule has 1 heterocycles. The molecule has 0 aliphatic heterocycles. The number of rotatable bonds is 4. The van der Waals surface area contributed by atoms with Crippen molar-refractivity contribution in [2.45, 2.75) is 33.6 Å². The number of hydrogen-bond donors (Lipinski definition) is 2. The number of carbonyl (C=O) groups excluding carboxylic acids is 1. The second-order valence-corrected chi connectivity index (χ2v) is 6.16. The van der Waals surface area contributed by atoms with E-state index in [1.54, 1.807) is 6.20 Å². The van der Waals surface area contributed by atoms with Crippen LogP contribution in [0.15, 0.2) is 36.7 Å². The van der Waals surface area contributed by atoms with E-state index in [9.17, 15) is 4.79 Å². The number of para-hydroxylation sites is 1. The second kappa shape index (κ2) is 5.90. The number of amides is 1. The number of aromatic amines is 1. The molecule has 0 fully saturated rings. The summed E-state index contributed by atoms with van der Waals surface area (Å²) in [7, 11) is 0. The molecule has 4 nitrogen and oxygen atoms in total. The Morgan fingerprint density at radius 2 is 2.05 bits per heavy atom. The van der Waals surface area contributed by atoms with E-state index in [1.165, 1.54) is 11.8 Å². The van der Waals surface area contributed by atoms with Crippen molar-refractivity contribution in [3.63, 3.8) is 0 Å². The lowest BCUT2D eigenvalue weighted by atomic mass is 9.88. The minimum Gasteiger partial charge on any atom is -0.322 e. The molecule has 0 atom stereocenters. The van der Waals surface area contributed by atoms with Crippen LogP contribution in [-0.4, -0.2) is 16.1 Å². The predicted octanol–water partition coefficient (Wildman–Crippen LogP) is 3.64. The Hall–Kier alpha value is -2.10. The second-order valence-electron chi connectivity index (χ2n) is 6.16. The lowest BCUT2D eigenvalue weighted by molar-refractivity contribution is 0.102. The van der Waals surface area contributed by atoms with Gasteiger partial charge in [0.25, 0.3) is 5.91 Å². The average Bonchev–Trinajstić information content (AvgIpc) is 2.90. The first-order valence-electron chi connectivity index (χ1n) is 6.84. The van der Waals surface area contributed by atoms with Crippen molar-refractivity contribution in [1.29, 1.82) is 0 Å². The number of anilines is 1. The van der Waals surface area contributed by atoms with Gasteiger partial charge >= 0.3 is 0 Å². The van der Waals surface area contributed by atoms with Crippen LogP contribution in [0.4, 0.5) is 5.69 Å². The number of nitrogens with one attached hydrogen (secondary N) is 2. The third-order valence-corrected chi connectivity index (χ3v) is 3.17. The van der Waals surface area contributed by atoms with Gasteiger partial charge in [0.2, 0.25) is 0 Å². The van der Waals surface area contributed by atoms with Crippen molar-refractivity contribution in [1.82, 2.24) is 10.2 Å². The monoisotopic (exact) mass is 271 g/mol. The molecule has 0 radical (unpaired) electrons. The Bertz CT molecular complexity index is 568. The molecule has 0 aliphatic carbocycles. The van der Waals surface area contributed by atoms with Gasteiger partial charge in [0, 0.05) is 11.9 Å². The van der Waals surface area contributed by atoms with Gasteiger partial charge in [-0.05, 0) is 29.9 Å². The van der Waals surface area contributed by atoms with Gasteiger partial charge in [0.15, 0.2) is 0 Å². The summed E-state index contributed by atoms with van der Waals surface area (Å²) in [6.45, 7) is 6.67. The van der Waals surface area contributed by atoms with E-state index in [2.05, 4.69) is 42.4 Å². The first-order valence-corrected chi connectivity index (χ1v) is 6.84. The fraction of sp³-hybridized carbons (Fsp3) is 0.375. The molecule has 0 aliphatic rings. The quantitative estimate of drug-likeness (QED) is 0.892. The SMILES string of the molecule is CC(C)(C)CCc1ccccc1NC(=O)c1cn[nH]c1. The minimum atomic E-state index is -0.137.